The highest BCUT2D eigenvalue weighted by Gasteiger charge is 2.21. The number of thiazole rings is 1. The Labute approximate surface area is 221 Å². The normalized spacial score (nSPS) is 10.9. The largest absolute Gasteiger partial charge is 0.462 e. The summed E-state index contributed by atoms with van der Waals surface area (Å²) < 4.78 is 7.00. The SMILES string of the molecule is C=CCn1c(SCC(=O)Nc2nc(C)c(C(=O)OCC)s2)nnc1-c1csc(C)c1-c1ccccc1. The van der Waals surface area contributed by atoms with E-state index in [9.17, 15) is 9.59 Å². The molecule has 3 aromatic heterocycles. The number of aromatic nitrogens is 4. The fraction of sp³-hybridized carbons (Fsp3) is 0.240. The highest BCUT2D eigenvalue weighted by Crippen LogP contribution is 2.39. The number of thioether (sulfide) groups is 1. The minimum absolute atomic E-state index is 0.108. The van der Waals surface area contributed by atoms with Gasteiger partial charge in [-0.2, -0.15) is 0 Å². The summed E-state index contributed by atoms with van der Waals surface area (Å²) in [6.07, 6.45) is 1.79. The zero-order valence-corrected chi connectivity index (χ0v) is 22.6. The fourth-order valence-electron chi connectivity index (χ4n) is 3.59. The Kier molecular flexibility index (Phi) is 8.34. The zero-order valence-electron chi connectivity index (χ0n) is 20.1. The third kappa shape index (κ3) is 5.58. The molecule has 0 saturated carbocycles. The Bertz CT molecular complexity index is 1390. The number of allylic oxidation sites excluding steroid dienone is 1. The van der Waals surface area contributed by atoms with E-state index >= 15 is 0 Å². The quantitative estimate of drug-likeness (QED) is 0.154. The van der Waals surface area contributed by atoms with E-state index in [4.69, 9.17) is 4.74 Å². The molecule has 0 atom stereocenters. The molecule has 1 N–H and O–H groups in total. The van der Waals surface area contributed by atoms with E-state index in [1.54, 1.807) is 31.3 Å². The van der Waals surface area contributed by atoms with Crippen LogP contribution in [0.15, 0.2) is 53.5 Å². The lowest BCUT2D eigenvalue weighted by Crippen LogP contribution is -2.14. The van der Waals surface area contributed by atoms with Crippen LogP contribution in [0.3, 0.4) is 0 Å². The number of benzene rings is 1. The number of ether oxygens (including phenoxy) is 1. The van der Waals surface area contributed by atoms with Crippen LogP contribution in [0.25, 0.3) is 22.5 Å². The van der Waals surface area contributed by atoms with E-state index < -0.39 is 5.97 Å². The second-order valence-corrected chi connectivity index (χ2v) is 10.7. The van der Waals surface area contributed by atoms with E-state index in [0.29, 0.717) is 27.4 Å². The Morgan fingerprint density at radius 2 is 2.00 bits per heavy atom. The predicted molar refractivity (Wildman–Crippen MR) is 146 cm³/mol. The number of carbonyl (C=O) groups excluding carboxylic acids is 2. The van der Waals surface area contributed by atoms with Crippen LogP contribution in [0.2, 0.25) is 0 Å². The number of nitrogens with one attached hydrogen (secondary N) is 1. The lowest BCUT2D eigenvalue weighted by atomic mass is 10.0. The van der Waals surface area contributed by atoms with Crippen LogP contribution in [0, 0.1) is 13.8 Å². The number of thiophene rings is 1. The van der Waals surface area contributed by atoms with Crippen molar-refractivity contribution >= 4 is 51.4 Å². The van der Waals surface area contributed by atoms with Crippen LogP contribution in [-0.2, 0) is 16.1 Å². The number of hydrogen-bond acceptors (Lipinski definition) is 9. The van der Waals surface area contributed by atoms with Crippen LogP contribution in [0.1, 0.15) is 27.2 Å². The van der Waals surface area contributed by atoms with E-state index in [-0.39, 0.29) is 18.3 Å². The zero-order chi connectivity index (χ0) is 25.7. The Balaban J connectivity index is 1.51. The first-order valence-corrected chi connectivity index (χ1v) is 13.9. The van der Waals surface area contributed by atoms with Crippen molar-refractivity contribution in [2.45, 2.75) is 32.5 Å². The van der Waals surface area contributed by atoms with E-state index in [1.165, 1.54) is 16.6 Å². The van der Waals surface area contributed by atoms with Gasteiger partial charge in [0.05, 0.1) is 18.1 Å². The first-order valence-electron chi connectivity index (χ1n) is 11.2. The minimum Gasteiger partial charge on any atom is -0.462 e. The molecule has 0 aliphatic rings. The van der Waals surface area contributed by atoms with Crippen LogP contribution >= 0.6 is 34.4 Å². The van der Waals surface area contributed by atoms with Gasteiger partial charge >= 0.3 is 5.97 Å². The first kappa shape index (κ1) is 25.8. The Morgan fingerprint density at radius 1 is 1.22 bits per heavy atom. The van der Waals surface area contributed by atoms with Crippen molar-refractivity contribution in [2.75, 3.05) is 17.7 Å². The van der Waals surface area contributed by atoms with Gasteiger partial charge in [-0.3, -0.25) is 9.36 Å². The molecule has 186 valence electrons. The van der Waals surface area contributed by atoms with Gasteiger partial charge in [0.25, 0.3) is 0 Å². The van der Waals surface area contributed by atoms with Gasteiger partial charge in [-0.05, 0) is 26.3 Å². The standard InChI is InChI=1S/C25H25N5O3S3/c1-5-12-30-22(18-13-34-16(4)20(18)17-10-8-7-9-11-17)28-29-25(30)35-14-19(31)27-24-26-15(3)21(36-24)23(32)33-6-2/h5,7-11,13H,1,6,12,14H2,2-4H3,(H,26,27,31). The average Bonchev–Trinajstić information content (AvgIpc) is 3.55. The second-order valence-electron chi connectivity index (χ2n) is 7.64. The average molecular weight is 540 g/mol. The molecule has 0 saturated heterocycles. The molecular formula is C25H25N5O3S3. The summed E-state index contributed by atoms with van der Waals surface area (Å²) in [5, 5.41) is 14.7. The number of hydrogen-bond donors (Lipinski definition) is 1. The molecule has 0 aliphatic carbocycles. The predicted octanol–water partition coefficient (Wildman–Crippen LogP) is 5.84. The van der Waals surface area contributed by atoms with Crippen molar-refractivity contribution in [1.29, 1.82) is 0 Å². The van der Waals surface area contributed by atoms with Gasteiger partial charge in [0, 0.05) is 27.9 Å². The number of carbonyl (C=O) groups is 2. The molecule has 3 heterocycles. The third-order valence-corrected chi connectivity index (χ3v) is 8.07. The molecule has 36 heavy (non-hydrogen) atoms. The van der Waals surface area contributed by atoms with E-state index in [2.05, 4.69) is 51.5 Å². The van der Waals surface area contributed by atoms with Crippen molar-refractivity contribution in [2.24, 2.45) is 0 Å². The maximum Gasteiger partial charge on any atom is 0.350 e. The smallest absolute Gasteiger partial charge is 0.350 e. The highest BCUT2D eigenvalue weighted by atomic mass is 32.2. The minimum atomic E-state index is -0.439. The summed E-state index contributed by atoms with van der Waals surface area (Å²) in [7, 11) is 0. The Hall–Kier alpha value is -3.28. The first-order chi connectivity index (χ1) is 17.4. The van der Waals surface area contributed by atoms with Crippen molar-refractivity contribution in [3.05, 3.63) is 63.8 Å². The Morgan fingerprint density at radius 3 is 2.72 bits per heavy atom. The molecule has 0 bridgehead atoms. The van der Waals surface area contributed by atoms with Crippen molar-refractivity contribution in [3.8, 4) is 22.5 Å². The van der Waals surface area contributed by atoms with Gasteiger partial charge in [-0.25, -0.2) is 9.78 Å². The summed E-state index contributed by atoms with van der Waals surface area (Å²) in [6, 6.07) is 10.2. The molecule has 1 amide bonds. The lowest BCUT2D eigenvalue weighted by molar-refractivity contribution is -0.113. The maximum absolute atomic E-state index is 12.6. The van der Waals surface area contributed by atoms with Crippen LogP contribution in [0.4, 0.5) is 5.13 Å². The van der Waals surface area contributed by atoms with E-state index in [1.807, 2.05) is 22.8 Å². The molecule has 0 fully saturated rings. The number of esters is 1. The summed E-state index contributed by atoms with van der Waals surface area (Å²) in [5.74, 6) is 0.147. The molecule has 8 nitrogen and oxygen atoms in total. The van der Waals surface area contributed by atoms with Crippen molar-refractivity contribution in [3.63, 3.8) is 0 Å². The number of aryl methyl sites for hydroxylation is 2. The number of anilines is 1. The van der Waals surface area contributed by atoms with Gasteiger partial charge in [-0.1, -0.05) is 59.5 Å². The van der Waals surface area contributed by atoms with Crippen LogP contribution in [-0.4, -0.2) is 44.0 Å². The second kappa shape index (κ2) is 11.6. The van der Waals surface area contributed by atoms with Crippen molar-refractivity contribution in [1.82, 2.24) is 19.7 Å². The molecule has 4 rings (SSSR count). The van der Waals surface area contributed by atoms with Gasteiger partial charge in [-0.15, -0.1) is 28.1 Å². The summed E-state index contributed by atoms with van der Waals surface area (Å²) in [5.41, 5.74) is 3.77. The van der Waals surface area contributed by atoms with Crippen LogP contribution in [0.5, 0.6) is 0 Å². The molecule has 11 heteroatoms. The molecule has 1 aromatic carbocycles. The molecule has 4 aromatic rings. The van der Waals surface area contributed by atoms with Gasteiger partial charge in [0.15, 0.2) is 16.1 Å². The molecule has 0 spiro atoms. The number of rotatable bonds is 10. The topological polar surface area (TPSA) is 99.0 Å². The monoisotopic (exact) mass is 539 g/mol. The highest BCUT2D eigenvalue weighted by molar-refractivity contribution is 7.99. The van der Waals surface area contributed by atoms with Gasteiger partial charge < -0.3 is 10.1 Å². The maximum atomic E-state index is 12.6. The molecule has 0 aliphatic heterocycles. The summed E-state index contributed by atoms with van der Waals surface area (Å²) in [4.78, 5) is 30.5. The molecule has 0 radical (unpaired) electrons. The third-order valence-electron chi connectivity index (χ3n) is 5.14. The van der Waals surface area contributed by atoms with Crippen molar-refractivity contribution < 1.29 is 14.3 Å². The lowest BCUT2D eigenvalue weighted by Gasteiger charge is -2.09. The number of nitrogens with zero attached hydrogens (tertiary/aromatic N) is 4. The molecule has 0 unspecified atom stereocenters. The number of amides is 1. The summed E-state index contributed by atoms with van der Waals surface area (Å²) >= 11 is 4.05. The summed E-state index contributed by atoms with van der Waals surface area (Å²) in [6.45, 7) is 10.2. The van der Waals surface area contributed by atoms with E-state index in [0.717, 1.165) is 33.9 Å². The van der Waals surface area contributed by atoms with Gasteiger partial charge in [0.1, 0.15) is 4.88 Å². The molecular weight excluding hydrogens is 515 g/mol. The fourth-order valence-corrected chi connectivity index (χ4v) is 6.08. The van der Waals surface area contributed by atoms with Gasteiger partial charge in [0.2, 0.25) is 5.91 Å². The van der Waals surface area contributed by atoms with Crippen LogP contribution < -0.4 is 5.32 Å².